The van der Waals surface area contributed by atoms with Gasteiger partial charge in [0.15, 0.2) is 5.71 Å². The van der Waals surface area contributed by atoms with Gasteiger partial charge in [0, 0.05) is 6.54 Å². The molecule has 1 heterocycles. The van der Waals surface area contributed by atoms with E-state index < -0.39 is 11.9 Å². The second-order valence-corrected chi connectivity index (χ2v) is 5.62. The molecule has 0 radical (unpaired) electrons. The predicted octanol–water partition coefficient (Wildman–Crippen LogP) is 1.06. The summed E-state index contributed by atoms with van der Waals surface area (Å²) in [6.45, 7) is 0.864. The van der Waals surface area contributed by atoms with Crippen LogP contribution in [-0.2, 0) is 11.3 Å². The summed E-state index contributed by atoms with van der Waals surface area (Å²) in [6, 6.07) is 5.20. The Morgan fingerprint density at radius 2 is 2.17 bits per heavy atom. The van der Waals surface area contributed by atoms with Crippen molar-refractivity contribution in [2.45, 2.75) is 6.54 Å². The van der Waals surface area contributed by atoms with Gasteiger partial charge in [-0.15, -0.1) is 0 Å². The van der Waals surface area contributed by atoms with Crippen LogP contribution in [-0.4, -0.2) is 48.2 Å². The summed E-state index contributed by atoms with van der Waals surface area (Å²) >= 11 is 6.17. The molecule has 1 aromatic carbocycles. The number of carboxylic acid groups (broad SMARTS) is 1. The first-order valence-corrected chi connectivity index (χ1v) is 7.25. The van der Waals surface area contributed by atoms with Crippen LogP contribution in [0.15, 0.2) is 35.1 Å². The lowest BCUT2D eigenvalue weighted by Crippen LogP contribution is -2.36. The Labute approximate surface area is 138 Å². The SMILES string of the molecule is CN(C)Cc1cccc(Cl)c1C(=O)NC1=CCNN=C1C(=O)O. The van der Waals surface area contributed by atoms with Crippen LogP contribution in [0.25, 0.3) is 0 Å². The molecule has 8 heteroatoms. The van der Waals surface area contributed by atoms with Gasteiger partial charge >= 0.3 is 5.97 Å². The highest BCUT2D eigenvalue weighted by molar-refractivity contribution is 6.43. The molecule has 7 nitrogen and oxygen atoms in total. The Kier molecular flexibility index (Phi) is 5.36. The largest absolute Gasteiger partial charge is 0.476 e. The van der Waals surface area contributed by atoms with Gasteiger partial charge in [0.1, 0.15) is 0 Å². The van der Waals surface area contributed by atoms with Crippen LogP contribution < -0.4 is 10.7 Å². The van der Waals surface area contributed by atoms with E-state index in [0.29, 0.717) is 23.7 Å². The molecule has 0 saturated heterocycles. The Morgan fingerprint density at radius 1 is 1.43 bits per heavy atom. The van der Waals surface area contributed by atoms with E-state index in [1.54, 1.807) is 18.2 Å². The van der Waals surface area contributed by atoms with Crippen LogP contribution in [0.5, 0.6) is 0 Å². The molecule has 0 fully saturated rings. The number of benzene rings is 1. The van der Waals surface area contributed by atoms with Crippen molar-refractivity contribution in [1.29, 1.82) is 0 Å². The monoisotopic (exact) mass is 336 g/mol. The van der Waals surface area contributed by atoms with Gasteiger partial charge in [-0.2, -0.15) is 5.10 Å². The summed E-state index contributed by atoms with van der Waals surface area (Å²) in [6.07, 6.45) is 1.55. The molecule has 1 aromatic rings. The highest BCUT2D eigenvalue weighted by Crippen LogP contribution is 2.21. The minimum atomic E-state index is -1.23. The number of nitrogens with one attached hydrogen (secondary N) is 2. The van der Waals surface area contributed by atoms with Gasteiger partial charge in [0.25, 0.3) is 5.91 Å². The molecule has 122 valence electrons. The van der Waals surface area contributed by atoms with Crippen molar-refractivity contribution in [2.24, 2.45) is 5.10 Å². The fourth-order valence-electron chi connectivity index (χ4n) is 2.18. The molecule has 0 unspecified atom stereocenters. The fraction of sp³-hybridized carbons (Fsp3) is 0.267. The Hall–Kier alpha value is -2.38. The number of aliphatic carboxylic acids is 1. The molecule has 1 aliphatic heterocycles. The van der Waals surface area contributed by atoms with E-state index in [1.807, 2.05) is 25.1 Å². The molecule has 23 heavy (non-hydrogen) atoms. The molecular formula is C15H17ClN4O3. The molecule has 0 aliphatic carbocycles. The van der Waals surface area contributed by atoms with Crippen LogP contribution >= 0.6 is 11.6 Å². The lowest BCUT2D eigenvalue weighted by molar-refractivity contribution is -0.129. The zero-order valence-corrected chi connectivity index (χ0v) is 13.5. The summed E-state index contributed by atoms with van der Waals surface area (Å²) in [4.78, 5) is 25.7. The smallest absolute Gasteiger partial charge is 0.358 e. The predicted molar refractivity (Wildman–Crippen MR) is 87.5 cm³/mol. The fourth-order valence-corrected chi connectivity index (χ4v) is 2.46. The van der Waals surface area contributed by atoms with Gasteiger partial charge in [-0.1, -0.05) is 23.7 Å². The highest BCUT2D eigenvalue weighted by atomic mass is 35.5. The lowest BCUT2D eigenvalue weighted by Gasteiger charge is -2.17. The Morgan fingerprint density at radius 3 is 2.83 bits per heavy atom. The van der Waals surface area contributed by atoms with E-state index in [4.69, 9.17) is 16.7 Å². The van der Waals surface area contributed by atoms with Crippen LogP contribution in [0.3, 0.4) is 0 Å². The molecule has 0 bridgehead atoms. The van der Waals surface area contributed by atoms with E-state index in [1.165, 1.54) is 0 Å². The van der Waals surface area contributed by atoms with E-state index in [9.17, 15) is 9.59 Å². The first kappa shape index (κ1) is 17.0. The summed E-state index contributed by atoms with van der Waals surface area (Å²) in [5.74, 6) is -1.69. The normalized spacial score (nSPS) is 13.9. The van der Waals surface area contributed by atoms with Gasteiger partial charge in [0.05, 0.1) is 22.8 Å². The van der Waals surface area contributed by atoms with Crippen LogP contribution in [0.2, 0.25) is 5.02 Å². The third-order valence-electron chi connectivity index (χ3n) is 3.11. The van der Waals surface area contributed by atoms with E-state index in [-0.39, 0.29) is 11.4 Å². The number of hydrazone groups is 1. The third kappa shape index (κ3) is 4.08. The summed E-state index contributed by atoms with van der Waals surface area (Å²) in [7, 11) is 3.76. The summed E-state index contributed by atoms with van der Waals surface area (Å²) in [5, 5.41) is 15.7. The van der Waals surface area contributed by atoms with Crippen molar-refractivity contribution in [3.05, 3.63) is 46.1 Å². The molecule has 3 N–H and O–H groups in total. The minimum absolute atomic E-state index is 0.150. The van der Waals surface area contributed by atoms with E-state index in [0.717, 1.165) is 5.56 Å². The van der Waals surface area contributed by atoms with Crippen molar-refractivity contribution < 1.29 is 14.7 Å². The molecule has 1 amide bonds. The first-order valence-electron chi connectivity index (χ1n) is 6.88. The number of carboxylic acids is 1. The molecule has 1 aliphatic rings. The van der Waals surface area contributed by atoms with Gasteiger partial charge in [-0.3, -0.25) is 4.79 Å². The quantitative estimate of drug-likeness (QED) is 0.747. The Bertz CT molecular complexity index is 698. The summed E-state index contributed by atoms with van der Waals surface area (Å²) < 4.78 is 0. The number of carbonyl (C=O) groups is 2. The number of halogens is 1. The summed E-state index contributed by atoms with van der Waals surface area (Å²) in [5.41, 5.74) is 3.54. The average molecular weight is 337 g/mol. The van der Waals surface area contributed by atoms with Crippen molar-refractivity contribution in [3.63, 3.8) is 0 Å². The van der Waals surface area contributed by atoms with Crippen LogP contribution in [0, 0.1) is 0 Å². The first-order chi connectivity index (χ1) is 10.9. The number of amides is 1. The standard InChI is InChI=1S/C15H17ClN4O3/c1-20(2)8-9-4-3-5-10(16)12(9)14(21)18-11-6-7-17-19-13(11)15(22)23/h3-6,17H,7-8H2,1-2H3,(H,18,21)(H,22,23). The molecule has 0 spiro atoms. The van der Waals surface area contributed by atoms with Crippen LogP contribution in [0.1, 0.15) is 15.9 Å². The van der Waals surface area contributed by atoms with Crippen molar-refractivity contribution >= 4 is 29.2 Å². The lowest BCUT2D eigenvalue weighted by atomic mass is 10.1. The second kappa shape index (κ2) is 7.26. The Balaban J connectivity index is 2.29. The van der Waals surface area contributed by atoms with Gasteiger partial charge in [0.2, 0.25) is 0 Å². The number of hydrogen-bond donors (Lipinski definition) is 3. The average Bonchev–Trinajstić information content (AvgIpc) is 2.46. The maximum Gasteiger partial charge on any atom is 0.358 e. The van der Waals surface area contributed by atoms with E-state index >= 15 is 0 Å². The maximum absolute atomic E-state index is 12.6. The van der Waals surface area contributed by atoms with Crippen molar-refractivity contribution in [2.75, 3.05) is 20.6 Å². The number of hydrogen-bond acceptors (Lipinski definition) is 5. The van der Waals surface area contributed by atoms with Gasteiger partial charge in [-0.05, 0) is 31.8 Å². The number of rotatable bonds is 5. The minimum Gasteiger partial charge on any atom is -0.476 e. The van der Waals surface area contributed by atoms with Gasteiger partial charge < -0.3 is 20.7 Å². The topological polar surface area (TPSA) is 94.0 Å². The molecule has 0 atom stereocenters. The van der Waals surface area contributed by atoms with Gasteiger partial charge in [-0.25, -0.2) is 4.79 Å². The number of carbonyl (C=O) groups excluding carboxylic acids is 1. The maximum atomic E-state index is 12.6. The zero-order valence-electron chi connectivity index (χ0n) is 12.8. The van der Waals surface area contributed by atoms with Crippen molar-refractivity contribution in [1.82, 2.24) is 15.6 Å². The highest BCUT2D eigenvalue weighted by Gasteiger charge is 2.23. The third-order valence-corrected chi connectivity index (χ3v) is 3.42. The van der Waals surface area contributed by atoms with Crippen molar-refractivity contribution in [3.8, 4) is 0 Å². The molecule has 2 rings (SSSR count). The molecule has 0 saturated carbocycles. The number of nitrogens with zero attached hydrogens (tertiary/aromatic N) is 2. The zero-order chi connectivity index (χ0) is 17.0. The molecular weight excluding hydrogens is 320 g/mol. The van der Waals surface area contributed by atoms with E-state index in [2.05, 4.69) is 15.8 Å². The van der Waals surface area contributed by atoms with Crippen LogP contribution in [0.4, 0.5) is 0 Å². The second-order valence-electron chi connectivity index (χ2n) is 5.21. The molecule has 0 aromatic heterocycles.